The molecule has 0 saturated carbocycles. The zero-order valence-corrected chi connectivity index (χ0v) is 16.7. The van der Waals surface area contributed by atoms with Crippen LogP contribution >= 0.6 is 11.3 Å². The lowest BCUT2D eigenvalue weighted by Crippen LogP contribution is -2.39. The number of carbonyl (C=O) groups excluding carboxylic acids is 5. The quantitative estimate of drug-likeness (QED) is 0.560. The Hall–Kier alpha value is -3.53. The molecular weight excluding hydrogens is 408 g/mol. The molecule has 2 aliphatic rings. The maximum atomic E-state index is 12.6. The van der Waals surface area contributed by atoms with Crippen molar-refractivity contribution in [3.8, 4) is 0 Å². The molecule has 2 aromatic rings. The van der Waals surface area contributed by atoms with Crippen LogP contribution < -0.4 is 10.2 Å². The number of thiophene rings is 1. The van der Waals surface area contributed by atoms with Crippen LogP contribution in [0.2, 0.25) is 0 Å². The number of nitrogens with zero attached hydrogens (tertiary/aromatic N) is 3. The first-order chi connectivity index (χ1) is 14.5. The third-order valence-electron chi connectivity index (χ3n) is 4.87. The van der Waals surface area contributed by atoms with Gasteiger partial charge in [-0.3, -0.25) is 24.1 Å². The fourth-order valence-electron chi connectivity index (χ4n) is 3.44. The molecule has 0 spiro atoms. The normalized spacial score (nSPS) is 16.7. The Bertz CT molecular complexity index is 1040. The van der Waals surface area contributed by atoms with Crippen molar-refractivity contribution in [1.29, 1.82) is 0 Å². The van der Waals surface area contributed by atoms with E-state index in [1.807, 2.05) is 0 Å². The van der Waals surface area contributed by atoms with Gasteiger partial charge in [-0.1, -0.05) is 18.2 Å². The molecular formula is C20H18N4O5S. The van der Waals surface area contributed by atoms with Crippen LogP contribution in [0.3, 0.4) is 0 Å². The average molecular weight is 426 g/mol. The molecule has 0 atom stereocenters. The first kappa shape index (κ1) is 19.8. The topological polar surface area (TPSA) is 107 Å². The molecule has 2 aliphatic heterocycles. The molecule has 2 saturated heterocycles. The summed E-state index contributed by atoms with van der Waals surface area (Å²) in [7, 11) is 0. The first-order valence-electron chi connectivity index (χ1n) is 9.34. The van der Waals surface area contributed by atoms with Gasteiger partial charge in [-0.25, -0.2) is 9.69 Å². The Morgan fingerprint density at radius 2 is 1.77 bits per heavy atom. The summed E-state index contributed by atoms with van der Waals surface area (Å²) in [4.78, 5) is 65.4. The number of hydrogen-bond acceptors (Lipinski definition) is 6. The molecule has 3 heterocycles. The van der Waals surface area contributed by atoms with Crippen LogP contribution in [0.15, 0.2) is 41.8 Å². The number of nitrogens with one attached hydrogen (secondary N) is 1. The summed E-state index contributed by atoms with van der Waals surface area (Å²) in [6.07, 6.45) is 1.18. The molecule has 6 amide bonds. The van der Waals surface area contributed by atoms with Gasteiger partial charge in [-0.2, -0.15) is 0 Å². The molecule has 0 unspecified atom stereocenters. The molecule has 0 aliphatic carbocycles. The van der Waals surface area contributed by atoms with Crippen LogP contribution in [0.25, 0.3) is 0 Å². The minimum absolute atomic E-state index is 0.0148. The van der Waals surface area contributed by atoms with Gasteiger partial charge >= 0.3 is 17.8 Å². The van der Waals surface area contributed by atoms with E-state index in [9.17, 15) is 24.0 Å². The predicted octanol–water partition coefficient (Wildman–Crippen LogP) is 1.80. The highest BCUT2D eigenvalue weighted by atomic mass is 32.1. The van der Waals surface area contributed by atoms with Crippen molar-refractivity contribution in [2.24, 2.45) is 0 Å². The van der Waals surface area contributed by atoms with E-state index in [2.05, 4.69) is 5.32 Å². The number of carbonyl (C=O) groups is 5. The van der Waals surface area contributed by atoms with Gasteiger partial charge in [0.05, 0.1) is 17.9 Å². The second kappa shape index (κ2) is 8.07. The van der Waals surface area contributed by atoms with Gasteiger partial charge in [0, 0.05) is 17.8 Å². The van der Waals surface area contributed by atoms with Crippen LogP contribution in [-0.4, -0.2) is 52.5 Å². The van der Waals surface area contributed by atoms with E-state index in [4.69, 9.17) is 0 Å². The highest BCUT2D eigenvalue weighted by Gasteiger charge is 2.45. The highest BCUT2D eigenvalue weighted by Crippen LogP contribution is 2.29. The monoisotopic (exact) mass is 426 g/mol. The number of hydrogen-bond donors (Lipinski definition) is 1. The highest BCUT2D eigenvalue weighted by molar-refractivity contribution is 7.09. The van der Waals surface area contributed by atoms with E-state index in [0.717, 1.165) is 16.2 Å². The molecule has 154 valence electrons. The van der Waals surface area contributed by atoms with E-state index < -0.39 is 30.3 Å². The van der Waals surface area contributed by atoms with Gasteiger partial charge in [0.15, 0.2) is 0 Å². The lowest BCUT2D eigenvalue weighted by atomic mass is 10.2. The maximum absolute atomic E-state index is 12.6. The Morgan fingerprint density at radius 1 is 1.00 bits per heavy atom. The number of para-hydroxylation sites is 2. The molecule has 30 heavy (non-hydrogen) atoms. The van der Waals surface area contributed by atoms with Crippen LogP contribution in [0.1, 0.15) is 17.7 Å². The van der Waals surface area contributed by atoms with Crippen molar-refractivity contribution in [3.63, 3.8) is 0 Å². The van der Waals surface area contributed by atoms with Crippen LogP contribution in [-0.2, 0) is 25.7 Å². The van der Waals surface area contributed by atoms with Gasteiger partial charge in [0.25, 0.3) is 0 Å². The molecule has 0 bridgehead atoms. The smallest absolute Gasteiger partial charge is 0.323 e. The number of anilines is 2. The molecule has 1 N–H and O–H groups in total. The molecule has 10 heteroatoms. The summed E-state index contributed by atoms with van der Waals surface area (Å²) >= 11 is 1.36. The zero-order valence-electron chi connectivity index (χ0n) is 15.9. The first-order valence-corrected chi connectivity index (χ1v) is 10.2. The third-order valence-corrected chi connectivity index (χ3v) is 5.73. The van der Waals surface area contributed by atoms with E-state index >= 15 is 0 Å². The second-order valence-electron chi connectivity index (χ2n) is 6.86. The minimum atomic E-state index is -1.03. The van der Waals surface area contributed by atoms with E-state index in [1.165, 1.54) is 11.3 Å². The van der Waals surface area contributed by atoms with Crippen molar-refractivity contribution in [3.05, 3.63) is 46.7 Å². The molecule has 1 aromatic heterocycles. The lowest BCUT2D eigenvalue weighted by Gasteiger charge is -2.20. The molecule has 1 aromatic carbocycles. The number of amides is 6. The fraction of sp³-hybridized carbons (Fsp3) is 0.250. The van der Waals surface area contributed by atoms with Gasteiger partial charge in [0.2, 0.25) is 11.8 Å². The van der Waals surface area contributed by atoms with E-state index in [0.29, 0.717) is 29.2 Å². The summed E-state index contributed by atoms with van der Waals surface area (Å²) < 4.78 is 0. The molecule has 2 fully saturated rings. The second-order valence-corrected chi connectivity index (χ2v) is 7.89. The summed E-state index contributed by atoms with van der Waals surface area (Å²) in [6, 6.07) is 9.53. The van der Waals surface area contributed by atoms with Crippen molar-refractivity contribution >= 4 is 52.4 Å². The third kappa shape index (κ3) is 3.69. The van der Waals surface area contributed by atoms with E-state index in [1.54, 1.807) is 46.7 Å². The molecule has 9 nitrogen and oxygen atoms in total. The molecule has 0 radical (unpaired) electrons. The minimum Gasteiger partial charge on any atom is -0.323 e. The Kier molecular flexibility index (Phi) is 5.32. The summed E-state index contributed by atoms with van der Waals surface area (Å²) in [5.74, 6) is -2.66. The number of benzene rings is 1. The number of urea groups is 1. The standard InChI is InChI=1S/C20H18N4O5S/c25-16(21-14-6-1-2-7-15(14)22-9-3-8-17(22)26)12-24-19(28)18(27)23(20(24)29)11-13-5-4-10-30-13/h1-2,4-7,10H,3,8-9,11-12H2,(H,21,25). The Balaban J connectivity index is 1.46. The SMILES string of the molecule is O=C(CN1C(=O)C(=O)N(Cc2cccs2)C1=O)Nc1ccccc1N1CCCC1=O. The maximum Gasteiger partial charge on any atom is 0.335 e. The predicted molar refractivity (Wildman–Crippen MR) is 109 cm³/mol. The number of rotatable bonds is 6. The van der Waals surface area contributed by atoms with Gasteiger partial charge in [-0.05, 0) is 30.0 Å². The summed E-state index contributed by atoms with van der Waals surface area (Å²) in [5.41, 5.74) is 0.960. The Labute approximate surface area is 175 Å². The lowest BCUT2D eigenvalue weighted by molar-refractivity contribution is -0.143. The van der Waals surface area contributed by atoms with E-state index in [-0.39, 0.29) is 12.5 Å². The van der Waals surface area contributed by atoms with Crippen LogP contribution in [0.5, 0.6) is 0 Å². The van der Waals surface area contributed by atoms with Crippen molar-refractivity contribution in [1.82, 2.24) is 9.80 Å². The molecule has 4 rings (SSSR count). The van der Waals surface area contributed by atoms with Crippen molar-refractivity contribution in [2.75, 3.05) is 23.3 Å². The summed E-state index contributed by atoms with van der Waals surface area (Å²) in [6.45, 7) is -0.0489. The fourth-order valence-corrected chi connectivity index (χ4v) is 4.13. The van der Waals surface area contributed by atoms with Crippen LogP contribution in [0, 0.1) is 0 Å². The van der Waals surface area contributed by atoms with Gasteiger partial charge in [-0.15, -0.1) is 11.3 Å². The van der Waals surface area contributed by atoms with Crippen molar-refractivity contribution < 1.29 is 24.0 Å². The zero-order chi connectivity index (χ0) is 21.3. The van der Waals surface area contributed by atoms with Crippen LogP contribution in [0.4, 0.5) is 16.2 Å². The average Bonchev–Trinajstić information content (AvgIpc) is 3.44. The van der Waals surface area contributed by atoms with Gasteiger partial charge in [0.1, 0.15) is 6.54 Å². The largest absolute Gasteiger partial charge is 0.335 e. The number of imide groups is 2. The van der Waals surface area contributed by atoms with Crippen molar-refractivity contribution in [2.45, 2.75) is 19.4 Å². The summed E-state index contributed by atoms with van der Waals surface area (Å²) in [5, 5.41) is 4.45. The Morgan fingerprint density at radius 3 is 2.47 bits per heavy atom. The van der Waals surface area contributed by atoms with Gasteiger partial charge < -0.3 is 10.2 Å².